The van der Waals surface area contributed by atoms with Gasteiger partial charge in [-0.1, -0.05) is 12.1 Å². The van der Waals surface area contributed by atoms with E-state index in [1.54, 1.807) is 18.2 Å². The fourth-order valence-corrected chi connectivity index (χ4v) is 4.27. The first kappa shape index (κ1) is 16.7. The van der Waals surface area contributed by atoms with Crippen LogP contribution in [0.3, 0.4) is 0 Å². The molecule has 0 amide bonds. The minimum atomic E-state index is -0.294. The van der Waals surface area contributed by atoms with E-state index in [0.717, 1.165) is 42.2 Å². The molecule has 5 rings (SSSR count). The molecule has 1 aromatic heterocycles. The van der Waals surface area contributed by atoms with E-state index in [9.17, 15) is 9.18 Å². The van der Waals surface area contributed by atoms with Crippen molar-refractivity contribution in [2.75, 3.05) is 0 Å². The topological polar surface area (TPSA) is 33.5 Å². The maximum Gasteiger partial charge on any atom is 0.336 e. The van der Waals surface area contributed by atoms with Crippen LogP contribution in [0.4, 0.5) is 4.39 Å². The average molecular weight is 363 g/mol. The van der Waals surface area contributed by atoms with Crippen LogP contribution in [0.1, 0.15) is 41.5 Å². The molecule has 0 unspecified atom stereocenters. The van der Waals surface area contributed by atoms with Gasteiger partial charge < -0.3 is 4.42 Å². The highest BCUT2D eigenvalue weighted by Crippen LogP contribution is 2.33. The molecular formula is C23H22FNO2. The van der Waals surface area contributed by atoms with Crippen LogP contribution in [-0.2, 0) is 25.9 Å². The van der Waals surface area contributed by atoms with E-state index in [1.807, 2.05) is 6.07 Å². The molecule has 138 valence electrons. The van der Waals surface area contributed by atoms with Gasteiger partial charge in [0.25, 0.3) is 0 Å². The predicted octanol–water partition coefficient (Wildman–Crippen LogP) is 4.59. The van der Waals surface area contributed by atoms with E-state index in [2.05, 4.69) is 17.0 Å². The zero-order valence-electron chi connectivity index (χ0n) is 15.2. The van der Waals surface area contributed by atoms with Gasteiger partial charge in [-0.3, -0.25) is 4.90 Å². The van der Waals surface area contributed by atoms with Crippen LogP contribution in [0.25, 0.3) is 11.0 Å². The van der Waals surface area contributed by atoms with Gasteiger partial charge in [0.05, 0.1) is 0 Å². The Morgan fingerprint density at radius 2 is 1.85 bits per heavy atom. The SMILES string of the molecule is O=c1cc(CN(Cc2cccc(F)c2)C2CC2)c2cc3c(cc2o1)CCC3. The number of fused-ring (bicyclic) bond motifs is 2. The van der Waals surface area contributed by atoms with Crippen molar-refractivity contribution in [1.29, 1.82) is 0 Å². The number of nitrogens with zero attached hydrogens (tertiary/aromatic N) is 1. The van der Waals surface area contributed by atoms with Crippen molar-refractivity contribution < 1.29 is 8.81 Å². The van der Waals surface area contributed by atoms with Crippen LogP contribution in [0.5, 0.6) is 0 Å². The van der Waals surface area contributed by atoms with Crippen molar-refractivity contribution in [3.63, 3.8) is 0 Å². The Hall–Kier alpha value is -2.46. The second-order valence-electron chi connectivity index (χ2n) is 7.83. The Morgan fingerprint density at radius 1 is 1.04 bits per heavy atom. The summed E-state index contributed by atoms with van der Waals surface area (Å²) in [6, 6.07) is 13.2. The standard InChI is InChI=1S/C23H22FNO2/c24-19-6-1-3-15(9-19)13-25(20-7-8-20)14-18-12-23(26)27-22-11-17-5-2-4-16(17)10-21(18)22/h1,3,6,9-12,20H,2,4-5,7-8,13-14H2. The Morgan fingerprint density at radius 3 is 2.63 bits per heavy atom. The summed E-state index contributed by atoms with van der Waals surface area (Å²) in [7, 11) is 0. The lowest BCUT2D eigenvalue weighted by molar-refractivity contribution is 0.246. The molecule has 3 aromatic rings. The number of hydrogen-bond acceptors (Lipinski definition) is 3. The number of halogens is 1. The van der Waals surface area contributed by atoms with E-state index >= 15 is 0 Å². The van der Waals surface area contributed by atoms with Crippen LogP contribution in [0.15, 0.2) is 51.7 Å². The molecule has 3 nitrogen and oxygen atoms in total. The van der Waals surface area contributed by atoms with Gasteiger partial charge in [0.15, 0.2) is 0 Å². The molecule has 27 heavy (non-hydrogen) atoms. The zero-order valence-corrected chi connectivity index (χ0v) is 15.2. The lowest BCUT2D eigenvalue weighted by Crippen LogP contribution is -2.25. The van der Waals surface area contributed by atoms with Crippen LogP contribution >= 0.6 is 0 Å². The lowest BCUT2D eigenvalue weighted by Gasteiger charge is -2.23. The van der Waals surface area contributed by atoms with Crippen LogP contribution in [-0.4, -0.2) is 10.9 Å². The lowest BCUT2D eigenvalue weighted by atomic mass is 10.0. The maximum absolute atomic E-state index is 13.6. The smallest absolute Gasteiger partial charge is 0.336 e. The molecule has 0 aliphatic heterocycles. The molecule has 1 saturated carbocycles. The van der Waals surface area contributed by atoms with E-state index < -0.39 is 0 Å². The quantitative estimate of drug-likeness (QED) is 0.622. The van der Waals surface area contributed by atoms with Crippen molar-refractivity contribution in [3.8, 4) is 0 Å². The third-order valence-corrected chi connectivity index (χ3v) is 5.75. The zero-order chi connectivity index (χ0) is 18.4. The molecule has 0 saturated heterocycles. The van der Waals surface area contributed by atoms with Crippen molar-refractivity contribution in [1.82, 2.24) is 4.90 Å². The number of hydrogen-bond donors (Lipinski definition) is 0. The second-order valence-corrected chi connectivity index (χ2v) is 7.83. The highest BCUT2D eigenvalue weighted by molar-refractivity contribution is 5.82. The van der Waals surface area contributed by atoms with Crippen LogP contribution < -0.4 is 5.63 Å². The van der Waals surface area contributed by atoms with Gasteiger partial charge in [0.1, 0.15) is 11.4 Å². The molecular weight excluding hydrogens is 341 g/mol. The molecule has 2 aliphatic carbocycles. The summed E-state index contributed by atoms with van der Waals surface area (Å²) in [5.41, 5.74) is 5.06. The molecule has 1 fully saturated rings. The predicted molar refractivity (Wildman–Crippen MR) is 103 cm³/mol. The summed E-state index contributed by atoms with van der Waals surface area (Å²) in [4.78, 5) is 14.5. The Balaban J connectivity index is 1.51. The summed E-state index contributed by atoms with van der Waals surface area (Å²) < 4.78 is 19.1. The Kier molecular flexibility index (Phi) is 4.09. The third kappa shape index (κ3) is 3.42. The fourth-order valence-electron chi connectivity index (χ4n) is 4.27. The molecule has 2 aromatic carbocycles. The van der Waals surface area contributed by atoms with Gasteiger partial charge in [0.2, 0.25) is 0 Å². The van der Waals surface area contributed by atoms with Crippen LogP contribution in [0, 0.1) is 5.82 Å². The monoisotopic (exact) mass is 363 g/mol. The summed E-state index contributed by atoms with van der Waals surface area (Å²) in [5.74, 6) is -0.204. The van der Waals surface area contributed by atoms with E-state index in [0.29, 0.717) is 24.7 Å². The van der Waals surface area contributed by atoms with Gasteiger partial charge in [-0.05, 0) is 78.6 Å². The maximum atomic E-state index is 13.6. The number of rotatable bonds is 5. The molecule has 0 N–H and O–H groups in total. The molecule has 0 spiro atoms. The van der Waals surface area contributed by atoms with Crippen LogP contribution in [0.2, 0.25) is 0 Å². The first-order valence-corrected chi connectivity index (χ1v) is 9.73. The first-order valence-electron chi connectivity index (χ1n) is 9.73. The molecule has 0 radical (unpaired) electrons. The average Bonchev–Trinajstić information content (AvgIpc) is 3.38. The van der Waals surface area contributed by atoms with Gasteiger partial charge in [-0.2, -0.15) is 0 Å². The van der Waals surface area contributed by atoms with Crippen molar-refractivity contribution in [2.24, 2.45) is 0 Å². The molecule has 1 heterocycles. The van der Waals surface area contributed by atoms with E-state index in [1.165, 1.54) is 23.6 Å². The van der Waals surface area contributed by atoms with Gasteiger partial charge >= 0.3 is 5.63 Å². The van der Waals surface area contributed by atoms with E-state index in [-0.39, 0.29) is 11.4 Å². The number of benzene rings is 2. The highest BCUT2D eigenvalue weighted by atomic mass is 19.1. The van der Waals surface area contributed by atoms with Crippen molar-refractivity contribution >= 4 is 11.0 Å². The number of aryl methyl sites for hydroxylation is 2. The minimum Gasteiger partial charge on any atom is -0.423 e. The second kappa shape index (κ2) is 6.61. The summed E-state index contributed by atoms with van der Waals surface area (Å²) in [5, 5.41) is 1.04. The van der Waals surface area contributed by atoms with Gasteiger partial charge in [0, 0.05) is 30.6 Å². The molecule has 0 bridgehead atoms. The molecule has 0 atom stereocenters. The molecule has 2 aliphatic rings. The third-order valence-electron chi connectivity index (χ3n) is 5.75. The van der Waals surface area contributed by atoms with Crippen molar-refractivity contribution in [2.45, 2.75) is 51.2 Å². The Labute approximate surface area is 157 Å². The van der Waals surface area contributed by atoms with Gasteiger partial charge in [-0.25, -0.2) is 9.18 Å². The first-order chi connectivity index (χ1) is 13.2. The van der Waals surface area contributed by atoms with E-state index in [4.69, 9.17) is 4.42 Å². The summed E-state index contributed by atoms with van der Waals surface area (Å²) >= 11 is 0. The Bertz CT molecular complexity index is 1070. The summed E-state index contributed by atoms with van der Waals surface area (Å²) in [6.07, 6.45) is 5.64. The normalized spacial score (nSPS) is 16.2. The minimum absolute atomic E-state index is 0.204. The molecule has 4 heteroatoms. The fraction of sp³-hybridized carbons (Fsp3) is 0.348. The van der Waals surface area contributed by atoms with Crippen molar-refractivity contribution in [3.05, 3.63) is 81.0 Å². The summed E-state index contributed by atoms with van der Waals surface area (Å²) in [6.45, 7) is 1.37. The van der Waals surface area contributed by atoms with Gasteiger partial charge in [-0.15, -0.1) is 0 Å². The largest absolute Gasteiger partial charge is 0.423 e. The highest BCUT2D eigenvalue weighted by Gasteiger charge is 2.29.